The van der Waals surface area contributed by atoms with Gasteiger partial charge in [-0.15, -0.1) is 11.3 Å². The number of rotatable bonds is 5. The first-order valence-electron chi connectivity index (χ1n) is 8.58. The van der Waals surface area contributed by atoms with Crippen molar-refractivity contribution in [3.05, 3.63) is 70.8 Å². The first kappa shape index (κ1) is 18.3. The molecule has 0 amide bonds. The molecule has 0 bridgehead atoms. The van der Waals surface area contributed by atoms with Crippen LogP contribution in [0.1, 0.15) is 24.8 Å². The Hall–Kier alpha value is -2.09. The van der Waals surface area contributed by atoms with E-state index in [9.17, 15) is 12.8 Å². The fourth-order valence-electron chi connectivity index (χ4n) is 3.36. The van der Waals surface area contributed by atoms with Gasteiger partial charge in [0, 0.05) is 22.9 Å². The van der Waals surface area contributed by atoms with Gasteiger partial charge in [-0.05, 0) is 29.7 Å². The third-order valence-electron chi connectivity index (χ3n) is 5.07. The zero-order valence-corrected chi connectivity index (χ0v) is 16.5. The van der Waals surface area contributed by atoms with Crippen molar-refractivity contribution in [3.8, 4) is 11.3 Å². The molecule has 140 valence electrons. The summed E-state index contributed by atoms with van der Waals surface area (Å²) in [5, 5.41) is 2.75. The minimum absolute atomic E-state index is 0.0108. The van der Waals surface area contributed by atoms with Gasteiger partial charge in [0.15, 0.2) is 0 Å². The lowest BCUT2D eigenvalue weighted by Gasteiger charge is -2.07. The van der Waals surface area contributed by atoms with Crippen LogP contribution < -0.4 is 4.72 Å². The van der Waals surface area contributed by atoms with Crippen LogP contribution in [-0.2, 0) is 10.0 Å². The normalized spacial score (nSPS) is 21.1. The molecule has 3 aromatic rings. The van der Waals surface area contributed by atoms with E-state index in [1.807, 2.05) is 25.3 Å². The maximum Gasteiger partial charge on any atom is 0.240 e. The minimum Gasteiger partial charge on any atom is -0.241 e. The lowest BCUT2D eigenvalue weighted by Crippen LogP contribution is -2.29. The van der Waals surface area contributed by atoms with E-state index in [-0.39, 0.29) is 28.1 Å². The van der Waals surface area contributed by atoms with Crippen LogP contribution in [0.4, 0.5) is 4.39 Å². The molecule has 0 spiro atoms. The lowest BCUT2D eigenvalue weighted by molar-refractivity contribution is 0.552. The summed E-state index contributed by atoms with van der Waals surface area (Å²) >= 11 is 1.48. The molecule has 0 radical (unpaired) electrons. The van der Waals surface area contributed by atoms with Crippen LogP contribution in [0.15, 0.2) is 64.9 Å². The second-order valence-electron chi connectivity index (χ2n) is 7.29. The summed E-state index contributed by atoms with van der Waals surface area (Å²) in [4.78, 5) is 4.90. The molecular weight excluding hydrogens is 383 g/mol. The summed E-state index contributed by atoms with van der Waals surface area (Å²) in [5.41, 5.74) is 1.19. The van der Waals surface area contributed by atoms with Crippen LogP contribution in [0.5, 0.6) is 0 Å². The van der Waals surface area contributed by atoms with Gasteiger partial charge in [0.05, 0.1) is 15.6 Å². The van der Waals surface area contributed by atoms with Crippen molar-refractivity contribution in [1.82, 2.24) is 9.71 Å². The molecule has 1 aliphatic carbocycles. The summed E-state index contributed by atoms with van der Waals surface area (Å²) in [6.07, 6.45) is 0. The maximum atomic E-state index is 13.5. The van der Waals surface area contributed by atoms with E-state index >= 15 is 0 Å². The molecule has 1 fully saturated rings. The summed E-state index contributed by atoms with van der Waals surface area (Å²) in [5.74, 6) is -0.314. The molecule has 1 aliphatic rings. The molecule has 4 rings (SSSR count). The number of hydrogen-bond donors (Lipinski definition) is 1. The first-order valence-corrected chi connectivity index (χ1v) is 10.9. The SMILES string of the molecule is CC1(C)[C@H](c2nc(-c3cccc(F)c3)cs2)[C@@H]1NS(=O)(=O)c1ccccc1. The number of halogens is 1. The van der Waals surface area contributed by atoms with Gasteiger partial charge in [0.2, 0.25) is 10.0 Å². The summed E-state index contributed by atoms with van der Waals surface area (Å²) < 4.78 is 41.6. The van der Waals surface area contributed by atoms with E-state index in [1.165, 1.54) is 23.5 Å². The van der Waals surface area contributed by atoms with Gasteiger partial charge in [0.1, 0.15) is 5.82 Å². The number of sulfonamides is 1. The Morgan fingerprint density at radius 1 is 1.11 bits per heavy atom. The van der Waals surface area contributed by atoms with E-state index in [4.69, 9.17) is 0 Å². The molecule has 1 aromatic heterocycles. The quantitative estimate of drug-likeness (QED) is 0.687. The first-order chi connectivity index (χ1) is 12.8. The van der Waals surface area contributed by atoms with Crippen LogP contribution >= 0.6 is 11.3 Å². The number of hydrogen-bond acceptors (Lipinski definition) is 4. The van der Waals surface area contributed by atoms with Crippen molar-refractivity contribution in [3.63, 3.8) is 0 Å². The van der Waals surface area contributed by atoms with Gasteiger partial charge in [-0.2, -0.15) is 0 Å². The summed E-state index contributed by atoms with van der Waals surface area (Å²) in [7, 11) is -3.58. The molecule has 2 atom stereocenters. The Bertz CT molecular complexity index is 1080. The van der Waals surface area contributed by atoms with Crippen molar-refractivity contribution in [2.45, 2.75) is 30.7 Å². The monoisotopic (exact) mass is 402 g/mol. The minimum atomic E-state index is -3.58. The molecular formula is C20H19FN2O2S2. The standard InChI is InChI=1S/C20H19FN2O2S2/c1-20(2)17(18(20)23-27(24,25)15-9-4-3-5-10-15)19-22-16(12-26-19)13-7-6-8-14(21)11-13/h3-12,17-18,23H,1-2H3/t17-,18-/m0/s1. The number of nitrogens with one attached hydrogen (secondary N) is 1. The molecule has 1 saturated carbocycles. The van der Waals surface area contributed by atoms with E-state index < -0.39 is 10.0 Å². The Kier molecular flexibility index (Phi) is 4.41. The molecule has 2 aromatic carbocycles. The van der Waals surface area contributed by atoms with Crippen molar-refractivity contribution in [2.24, 2.45) is 5.41 Å². The second kappa shape index (κ2) is 6.51. The van der Waals surface area contributed by atoms with Crippen LogP contribution in [0.2, 0.25) is 0 Å². The number of benzene rings is 2. The van der Waals surface area contributed by atoms with Gasteiger partial charge in [-0.25, -0.2) is 22.5 Å². The van der Waals surface area contributed by atoms with Crippen molar-refractivity contribution in [2.75, 3.05) is 0 Å². The van der Waals surface area contributed by atoms with Gasteiger partial charge >= 0.3 is 0 Å². The highest BCUT2D eigenvalue weighted by Gasteiger charge is 2.61. The van der Waals surface area contributed by atoms with Gasteiger partial charge in [-0.3, -0.25) is 0 Å². The molecule has 0 aliphatic heterocycles. The molecule has 4 nitrogen and oxygen atoms in total. The van der Waals surface area contributed by atoms with Crippen LogP contribution in [0, 0.1) is 11.2 Å². The second-order valence-corrected chi connectivity index (χ2v) is 9.90. The Morgan fingerprint density at radius 3 is 2.56 bits per heavy atom. The van der Waals surface area contributed by atoms with Crippen LogP contribution in [-0.4, -0.2) is 19.4 Å². The highest BCUT2D eigenvalue weighted by molar-refractivity contribution is 7.89. The smallest absolute Gasteiger partial charge is 0.240 e. The maximum absolute atomic E-state index is 13.5. The molecule has 0 unspecified atom stereocenters. The topological polar surface area (TPSA) is 59.1 Å². The average molecular weight is 403 g/mol. The number of aromatic nitrogens is 1. The van der Waals surface area contributed by atoms with Crippen LogP contribution in [0.25, 0.3) is 11.3 Å². The average Bonchev–Trinajstić information content (AvgIpc) is 2.99. The summed E-state index contributed by atoms with van der Waals surface area (Å²) in [6, 6.07) is 14.4. The van der Waals surface area contributed by atoms with Crippen molar-refractivity contribution in [1.29, 1.82) is 0 Å². The van der Waals surface area contributed by atoms with Gasteiger partial charge < -0.3 is 0 Å². The predicted octanol–water partition coefficient (Wildman–Crippen LogP) is 4.42. The molecule has 27 heavy (non-hydrogen) atoms. The fraction of sp³-hybridized carbons (Fsp3) is 0.250. The Balaban J connectivity index is 1.57. The fourth-order valence-corrected chi connectivity index (χ4v) is 5.95. The number of thiazole rings is 1. The summed E-state index contributed by atoms with van der Waals surface area (Å²) in [6.45, 7) is 4.05. The van der Waals surface area contributed by atoms with Crippen molar-refractivity contribution < 1.29 is 12.8 Å². The van der Waals surface area contributed by atoms with E-state index in [0.717, 1.165) is 10.6 Å². The van der Waals surface area contributed by atoms with Gasteiger partial charge in [0.25, 0.3) is 0 Å². The third-order valence-corrected chi connectivity index (χ3v) is 7.46. The predicted molar refractivity (Wildman–Crippen MR) is 105 cm³/mol. The largest absolute Gasteiger partial charge is 0.241 e. The molecule has 1 N–H and O–H groups in total. The third kappa shape index (κ3) is 3.42. The Labute approximate surface area is 162 Å². The van der Waals surface area contributed by atoms with E-state index in [2.05, 4.69) is 9.71 Å². The van der Waals surface area contributed by atoms with Crippen LogP contribution in [0.3, 0.4) is 0 Å². The molecule has 0 saturated heterocycles. The number of nitrogens with zero attached hydrogens (tertiary/aromatic N) is 1. The zero-order chi connectivity index (χ0) is 19.2. The molecule has 1 heterocycles. The zero-order valence-electron chi connectivity index (χ0n) is 14.9. The Morgan fingerprint density at radius 2 is 1.85 bits per heavy atom. The lowest BCUT2D eigenvalue weighted by atomic mass is 10.1. The van der Waals surface area contributed by atoms with Crippen molar-refractivity contribution >= 4 is 21.4 Å². The van der Waals surface area contributed by atoms with E-state index in [1.54, 1.807) is 36.4 Å². The van der Waals surface area contributed by atoms with Gasteiger partial charge in [-0.1, -0.05) is 44.2 Å². The highest BCUT2D eigenvalue weighted by Crippen LogP contribution is 2.59. The van der Waals surface area contributed by atoms with E-state index in [0.29, 0.717) is 5.69 Å². The molecule has 7 heteroatoms. The highest BCUT2D eigenvalue weighted by atomic mass is 32.2.